The number of ketones is 1. The molecule has 1 aromatic heterocycles. The van der Waals surface area contributed by atoms with Gasteiger partial charge in [-0.15, -0.1) is 0 Å². The molecule has 5 nitrogen and oxygen atoms in total. The van der Waals surface area contributed by atoms with Gasteiger partial charge >= 0.3 is 0 Å². The number of carbonyl (C=O) groups is 1. The molecule has 0 aromatic carbocycles. The second kappa shape index (κ2) is 5.97. The molecule has 1 atom stereocenters. The van der Waals surface area contributed by atoms with E-state index in [0.717, 1.165) is 47.6 Å². The number of Topliss-reactive ketones (excluding diaryl/α,β-unsaturated/α-hetero) is 1. The lowest BCUT2D eigenvalue weighted by Crippen LogP contribution is -2.18. The number of aromatic amines is 1. The highest BCUT2D eigenvalue weighted by molar-refractivity contribution is 6.06. The first-order valence-electron chi connectivity index (χ1n) is 8.21. The number of nitrogens with zero attached hydrogens (tertiary/aromatic N) is 2. The first kappa shape index (κ1) is 14.7. The van der Waals surface area contributed by atoms with Gasteiger partial charge in [-0.1, -0.05) is 12.7 Å². The van der Waals surface area contributed by atoms with Gasteiger partial charge in [0.1, 0.15) is 0 Å². The molecule has 0 radical (unpaired) electrons. The smallest absolute Gasteiger partial charge is 0.183 e. The quantitative estimate of drug-likeness (QED) is 0.840. The number of carbonyl (C=O) groups excluding carboxylic acids is 1. The number of hydrogen-bond donors (Lipinski definition) is 2. The fourth-order valence-electron chi connectivity index (χ4n) is 3.38. The zero-order chi connectivity index (χ0) is 16.5. The summed E-state index contributed by atoms with van der Waals surface area (Å²) in [4.78, 5) is 24.7. The molecule has 3 heterocycles. The van der Waals surface area contributed by atoms with Crippen LogP contribution in [0.4, 0.5) is 5.69 Å². The predicted molar refractivity (Wildman–Crippen MR) is 95.8 cm³/mol. The van der Waals surface area contributed by atoms with E-state index in [4.69, 9.17) is 0 Å². The summed E-state index contributed by atoms with van der Waals surface area (Å²) in [6, 6.07) is 0. The maximum absolute atomic E-state index is 12.7. The molecule has 1 aromatic rings. The van der Waals surface area contributed by atoms with Crippen LogP contribution < -0.4 is 5.32 Å². The molecule has 2 aliphatic heterocycles. The third kappa shape index (κ3) is 2.61. The molecule has 120 valence electrons. The van der Waals surface area contributed by atoms with Gasteiger partial charge in [-0.05, 0) is 36.1 Å². The highest BCUT2D eigenvalue weighted by Crippen LogP contribution is 2.38. The first-order chi connectivity index (χ1) is 11.7. The number of rotatable bonds is 3. The van der Waals surface area contributed by atoms with E-state index in [9.17, 15) is 4.79 Å². The highest BCUT2D eigenvalue weighted by atomic mass is 16.1. The molecule has 0 saturated heterocycles. The van der Waals surface area contributed by atoms with E-state index in [0.29, 0.717) is 18.2 Å². The Labute approximate surface area is 140 Å². The molecule has 3 aliphatic rings. The zero-order valence-electron chi connectivity index (χ0n) is 13.5. The Morgan fingerprint density at radius 1 is 1.33 bits per heavy atom. The number of nitrogens with one attached hydrogen (secondary N) is 2. The van der Waals surface area contributed by atoms with Crippen LogP contribution in [-0.2, 0) is 6.42 Å². The number of fused-ring (bicyclic) bond motifs is 1. The molecule has 5 heteroatoms. The van der Waals surface area contributed by atoms with Crippen molar-refractivity contribution in [2.45, 2.75) is 26.2 Å². The summed E-state index contributed by atoms with van der Waals surface area (Å²) in [5.74, 6) is 1.11. The van der Waals surface area contributed by atoms with Crippen LogP contribution in [0.15, 0.2) is 39.4 Å². The van der Waals surface area contributed by atoms with E-state index in [-0.39, 0.29) is 5.78 Å². The van der Waals surface area contributed by atoms with Crippen LogP contribution in [0, 0.1) is 5.92 Å². The summed E-state index contributed by atoms with van der Waals surface area (Å²) in [5, 5.41) is 3.29. The highest BCUT2D eigenvalue weighted by Gasteiger charge is 2.30. The number of hydrogen-bond acceptors (Lipinski definition) is 4. The van der Waals surface area contributed by atoms with Crippen LogP contribution in [0.2, 0.25) is 0 Å². The second-order valence-electron chi connectivity index (χ2n) is 6.35. The lowest BCUT2D eigenvalue weighted by atomic mass is 9.87. The Bertz CT molecular complexity index is 900. The number of anilines is 1. The van der Waals surface area contributed by atoms with Gasteiger partial charge in [-0.2, -0.15) is 0 Å². The summed E-state index contributed by atoms with van der Waals surface area (Å²) in [5.41, 5.74) is 10.6. The van der Waals surface area contributed by atoms with Crippen molar-refractivity contribution in [3.8, 4) is 0 Å². The van der Waals surface area contributed by atoms with Gasteiger partial charge in [0.2, 0.25) is 0 Å². The molecule has 0 amide bonds. The van der Waals surface area contributed by atoms with E-state index in [1.54, 1.807) is 12.3 Å². The Hall–Kier alpha value is -2.87. The lowest BCUT2D eigenvalue weighted by molar-refractivity contribution is 0.0954. The van der Waals surface area contributed by atoms with E-state index < -0.39 is 0 Å². The standard InChI is InChI=1S/C19H18N4O/c1-12-10-14-17(15(24)11-12)19(23-16-4-2-3-7-21-16)18(22-14)13-5-8-20-9-6-13/h3,5,7-8,12,22H,6,9-11H2,1H3,(H,21,23). The van der Waals surface area contributed by atoms with Crippen molar-refractivity contribution < 1.29 is 4.79 Å². The fourth-order valence-corrected chi connectivity index (χ4v) is 3.38. The van der Waals surface area contributed by atoms with Crippen LogP contribution in [0.25, 0.3) is 5.57 Å². The van der Waals surface area contributed by atoms with Crippen LogP contribution in [0.3, 0.4) is 0 Å². The Morgan fingerprint density at radius 3 is 3.00 bits per heavy atom. The lowest BCUT2D eigenvalue weighted by Gasteiger charge is -2.18. The summed E-state index contributed by atoms with van der Waals surface area (Å²) < 4.78 is 0. The number of dihydropyridines is 1. The minimum Gasteiger partial charge on any atom is -0.356 e. The van der Waals surface area contributed by atoms with Gasteiger partial charge in [0.15, 0.2) is 11.6 Å². The van der Waals surface area contributed by atoms with E-state index in [1.807, 2.05) is 12.3 Å². The van der Waals surface area contributed by atoms with Crippen molar-refractivity contribution in [3.63, 3.8) is 0 Å². The molecule has 2 N–H and O–H groups in total. The number of aromatic nitrogens is 1. The van der Waals surface area contributed by atoms with Crippen LogP contribution in [0.1, 0.15) is 41.5 Å². The molecule has 1 aliphatic carbocycles. The molecule has 0 fully saturated rings. The van der Waals surface area contributed by atoms with Gasteiger partial charge in [-0.3, -0.25) is 9.79 Å². The molecule has 24 heavy (non-hydrogen) atoms. The van der Waals surface area contributed by atoms with Gasteiger partial charge in [-0.25, -0.2) is 4.99 Å². The van der Waals surface area contributed by atoms with Gasteiger partial charge in [0.05, 0.1) is 16.9 Å². The number of H-pyrrole nitrogens is 1. The maximum Gasteiger partial charge on any atom is 0.183 e. The number of allylic oxidation sites excluding steroid dienone is 2. The molecule has 4 rings (SSSR count). The predicted octanol–water partition coefficient (Wildman–Crippen LogP) is 3.29. The summed E-state index contributed by atoms with van der Waals surface area (Å²) in [6.07, 6.45) is 9.51. The molecular weight excluding hydrogens is 300 g/mol. The Kier molecular flexibility index (Phi) is 3.66. The average Bonchev–Trinajstić information content (AvgIpc) is 2.95. The Morgan fingerprint density at radius 2 is 2.25 bits per heavy atom. The van der Waals surface area contributed by atoms with Crippen LogP contribution in [0.5, 0.6) is 0 Å². The maximum atomic E-state index is 12.7. The molecule has 0 bridgehead atoms. The van der Waals surface area contributed by atoms with Crippen molar-refractivity contribution in [2.75, 3.05) is 11.9 Å². The monoisotopic (exact) mass is 318 g/mol. The van der Waals surface area contributed by atoms with E-state index >= 15 is 0 Å². The molecule has 0 spiro atoms. The first-order valence-corrected chi connectivity index (χ1v) is 8.21. The largest absolute Gasteiger partial charge is 0.356 e. The van der Waals surface area contributed by atoms with E-state index in [2.05, 4.69) is 38.7 Å². The summed E-state index contributed by atoms with van der Waals surface area (Å²) >= 11 is 0. The fraction of sp³-hybridized carbons (Fsp3) is 0.316. The van der Waals surface area contributed by atoms with Crippen LogP contribution >= 0.6 is 0 Å². The minimum absolute atomic E-state index is 0.179. The normalized spacial score (nSPS) is 21.5. The van der Waals surface area contributed by atoms with Crippen molar-refractivity contribution in [3.05, 3.63) is 46.4 Å². The topological polar surface area (TPSA) is 69.6 Å². The van der Waals surface area contributed by atoms with Gasteiger partial charge < -0.3 is 10.3 Å². The molecule has 0 saturated carbocycles. The average molecular weight is 318 g/mol. The Balaban J connectivity index is 1.85. The van der Waals surface area contributed by atoms with Crippen molar-refractivity contribution in [1.29, 1.82) is 0 Å². The third-order valence-corrected chi connectivity index (χ3v) is 4.45. The zero-order valence-corrected chi connectivity index (χ0v) is 13.5. The van der Waals surface area contributed by atoms with Gasteiger partial charge in [0.25, 0.3) is 0 Å². The van der Waals surface area contributed by atoms with Crippen molar-refractivity contribution >= 4 is 29.5 Å². The van der Waals surface area contributed by atoms with Crippen molar-refractivity contribution in [2.24, 2.45) is 15.9 Å². The SMILES string of the molecule is CC1CC(=O)c2c([nH]c(C3=CC=NCC3)c2NC2=C=C=CC=N2)C1. The molecule has 1 unspecified atom stereocenters. The minimum atomic E-state index is 0.179. The van der Waals surface area contributed by atoms with Crippen LogP contribution in [-0.4, -0.2) is 29.7 Å². The van der Waals surface area contributed by atoms with Gasteiger partial charge in [0, 0.05) is 37.2 Å². The molecular formula is C19H18N4O. The summed E-state index contributed by atoms with van der Waals surface area (Å²) in [7, 11) is 0. The summed E-state index contributed by atoms with van der Waals surface area (Å²) in [6.45, 7) is 2.88. The third-order valence-electron chi connectivity index (χ3n) is 4.45. The van der Waals surface area contributed by atoms with Crippen molar-refractivity contribution in [1.82, 2.24) is 4.98 Å². The number of aliphatic imine (C=N–C) groups is 2. The van der Waals surface area contributed by atoms with E-state index in [1.165, 1.54) is 0 Å². The second-order valence-corrected chi connectivity index (χ2v) is 6.35.